The van der Waals surface area contributed by atoms with Gasteiger partial charge >= 0.3 is 0 Å². The molecule has 22 heavy (non-hydrogen) atoms. The van der Waals surface area contributed by atoms with Crippen LogP contribution in [0.15, 0.2) is 48.5 Å². The number of fused-ring (bicyclic) bond motifs is 1. The van der Waals surface area contributed by atoms with Crippen molar-refractivity contribution in [1.29, 1.82) is 0 Å². The number of hydrogen-bond donors (Lipinski definition) is 1. The number of nitrogens with one attached hydrogen (secondary N) is 1. The molecule has 3 nitrogen and oxygen atoms in total. The van der Waals surface area contributed by atoms with Crippen LogP contribution >= 0.6 is 23.6 Å². The van der Waals surface area contributed by atoms with Gasteiger partial charge in [0.25, 0.3) is 0 Å². The van der Waals surface area contributed by atoms with E-state index in [1.807, 2.05) is 12.1 Å². The van der Waals surface area contributed by atoms with E-state index in [1.165, 1.54) is 20.7 Å². The SMILES string of the molecule is COc1ccc(C[NH+](C)Cn2c(=S)sc3ccccc32)cc1. The highest BCUT2D eigenvalue weighted by Crippen LogP contribution is 2.21. The molecule has 0 radical (unpaired) electrons. The van der Waals surface area contributed by atoms with E-state index in [-0.39, 0.29) is 0 Å². The number of para-hydroxylation sites is 1. The maximum absolute atomic E-state index is 5.52. The highest BCUT2D eigenvalue weighted by atomic mass is 32.1. The molecule has 5 heteroatoms. The van der Waals surface area contributed by atoms with E-state index in [9.17, 15) is 0 Å². The van der Waals surface area contributed by atoms with E-state index in [1.54, 1.807) is 18.4 Å². The lowest BCUT2D eigenvalue weighted by Gasteiger charge is -2.15. The van der Waals surface area contributed by atoms with Crippen molar-refractivity contribution in [3.63, 3.8) is 0 Å². The maximum Gasteiger partial charge on any atom is 0.166 e. The smallest absolute Gasteiger partial charge is 0.166 e. The molecule has 1 atom stereocenters. The summed E-state index contributed by atoms with van der Waals surface area (Å²) < 4.78 is 9.62. The number of aromatic nitrogens is 1. The standard InChI is InChI=1S/C17H18N2OS2/c1-18(11-13-7-9-14(20-2)10-8-13)12-19-15-5-3-4-6-16(15)22-17(19)21/h3-10H,11-12H2,1-2H3/p+1. The molecule has 0 saturated heterocycles. The second-order valence-corrected chi connectivity index (χ2v) is 7.08. The Balaban J connectivity index is 1.76. The maximum atomic E-state index is 5.52. The van der Waals surface area contributed by atoms with Gasteiger partial charge in [0.2, 0.25) is 0 Å². The summed E-state index contributed by atoms with van der Waals surface area (Å²) in [6, 6.07) is 16.7. The van der Waals surface area contributed by atoms with Crippen LogP contribution in [0.5, 0.6) is 5.75 Å². The van der Waals surface area contributed by atoms with Crippen molar-refractivity contribution in [3.05, 3.63) is 58.0 Å². The Morgan fingerprint density at radius 3 is 2.59 bits per heavy atom. The number of methoxy groups -OCH3 is 1. The molecular weight excluding hydrogens is 312 g/mol. The third kappa shape index (κ3) is 3.21. The number of rotatable bonds is 5. The molecule has 1 N–H and O–H groups in total. The van der Waals surface area contributed by atoms with Crippen LogP contribution in [0.3, 0.4) is 0 Å². The Hall–Kier alpha value is -1.69. The number of hydrogen-bond acceptors (Lipinski definition) is 3. The lowest BCUT2D eigenvalue weighted by Crippen LogP contribution is -3.06. The van der Waals surface area contributed by atoms with Crippen LogP contribution in [0, 0.1) is 3.95 Å². The summed E-state index contributed by atoms with van der Waals surface area (Å²) in [4.78, 5) is 1.39. The van der Waals surface area contributed by atoms with Crippen LogP contribution in [-0.4, -0.2) is 18.7 Å². The molecule has 2 aromatic carbocycles. The molecule has 1 aromatic heterocycles. The van der Waals surface area contributed by atoms with E-state index in [4.69, 9.17) is 17.0 Å². The van der Waals surface area contributed by atoms with Gasteiger partial charge in [-0.15, -0.1) is 11.3 Å². The molecule has 0 saturated carbocycles. The molecular formula is C17H19N2OS2+. The van der Waals surface area contributed by atoms with Gasteiger partial charge in [0, 0.05) is 5.56 Å². The molecule has 114 valence electrons. The van der Waals surface area contributed by atoms with Crippen molar-refractivity contribution in [2.24, 2.45) is 0 Å². The summed E-state index contributed by atoms with van der Waals surface area (Å²) in [5.74, 6) is 0.896. The molecule has 3 aromatic rings. The third-order valence-electron chi connectivity index (χ3n) is 3.67. The molecule has 0 bridgehead atoms. The van der Waals surface area contributed by atoms with E-state index < -0.39 is 0 Å². The van der Waals surface area contributed by atoms with E-state index in [0.29, 0.717) is 0 Å². The first-order valence-corrected chi connectivity index (χ1v) is 8.42. The highest BCUT2D eigenvalue weighted by molar-refractivity contribution is 7.73. The van der Waals surface area contributed by atoms with Crippen molar-refractivity contribution in [3.8, 4) is 5.75 Å². The fraction of sp³-hybridized carbons (Fsp3) is 0.235. The average Bonchev–Trinajstić information content (AvgIpc) is 2.84. The fourth-order valence-electron chi connectivity index (χ4n) is 2.58. The Kier molecular flexibility index (Phi) is 4.57. The van der Waals surface area contributed by atoms with Gasteiger partial charge in [0.05, 0.1) is 24.4 Å². The third-order valence-corrected chi connectivity index (χ3v) is 5.10. The Morgan fingerprint density at radius 1 is 1.14 bits per heavy atom. The van der Waals surface area contributed by atoms with Gasteiger partial charge in [-0.1, -0.05) is 12.1 Å². The predicted octanol–water partition coefficient (Wildman–Crippen LogP) is 3.11. The van der Waals surface area contributed by atoms with Crippen LogP contribution in [0.2, 0.25) is 0 Å². The van der Waals surface area contributed by atoms with Gasteiger partial charge < -0.3 is 9.64 Å². The normalized spacial score (nSPS) is 12.5. The minimum absolute atomic E-state index is 0.870. The summed E-state index contributed by atoms with van der Waals surface area (Å²) in [7, 11) is 3.88. The van der Waals surface area contributed by atoms with Gasteiger partial charge in [0.1, 0.15) is 12.3 Å². The van der Waals surface area contributed by atoms with Gasteiger partial charge in [-0.3, -0.25) is 4.57 Å². The lowest BCUT2D eigenvalue weighted by molar-refractivity contribution is -0.916. The molecule has 1 unspecified atom stereocenters. The highest BCUT2D eigenvalue weighted by Gasteiger charge is 2.10. The first-order valence-electron chi connectivity index (χ1n) is 7.20. The Bertz CT molecular complexity index is 821. The minimum Gasteiger partial charge on any atom is -0.497 e. The van der Waals surface area contributed by atoms with Crippen molar-refractivity contribution < 1.29 is 9.64 Å². The zero-order valence-electron chi connectivity index (χ0n) is 12.7. The second-order valence-electron chi connectivity index (χ2n) is 5.40. The van der Waals surface area contributed by atoms with E-state index in [2.05, 4.69) is 48.0 Å². The average molecular weight is 331 g/mol. The fourth-order valence-corrected chi connectivity index (χ4v) is 3.90. The monoisotopic (exact) mass is 331 g/mol. The molecule has 1 heterocycles. The summed E-state index contributed by atoms with van der Waals surface area (Å²) in [6.45, 7) is 1.82. The lowest BCUT2D eigenvalue weighted by atomic mass is 10.2. The summed E-state index contributed by atoms with van der Waals surface area (Å²) >= 11 is 7.20. The van der Waals surface area contributed by atoms with Gasteiger partial charge in [-0.25, -0.2) is 0 Å². The zero-order chi connectivity index (χ0) is 15.5. The van der Waals surface area contributed by atoms with Crippen LogP contribution < -0.4 is 9.64 Å². The predicted molar refractivity (Wildman–Crippen MR) is 94.2 cm³/mol. The number of nitrogens with zero attached hydrogens (tertiary/aromatic N) is 1. The number of quaternary nitrogens is 1. The largest absolute Gasteiger partial charge is 0.497 e. The first-order chi connectivity index (χ1) is 10.7. The van der Waals surface area contributed by atoms with Crippen molar-refractivity contribution in [2.45, 2.75) is 13.2 Å². The first kappa shape index (κ1) is 15.2. The van der Waals surface area contributed by atoms with Crippen LogP contribution in [0.25, 0.3) is 10.2 Å². The second kappa shape index (κ2) is 6.60. The zero-order valence-corrected chi connectivity index (χ0v) is 14.3. The minimum atomic E-state index is 0.870. The molecule has 0 fully saturated rings. The van der Waals surface area contributed by atoms with Crippen molar-refractivity contribution in [1.82, 2.24) is 4.57 Å². The number of benzene rings is 2. The Labute approximate surface area is 139 Å². The van der Waals surface area contributed by atoms with Crippen LogP contribution in [-0.2, 0) is 13.2 Å². The molecule has 0 amide bonds. The van der Waals surface area contributed by atoms with Gasteiger partial charge in [-0.2, -0.15) is 0 Å². The van der Waals surface area contributed by atoms with E-state index >= 15 is 0 Å². The summed E-state index contributed by atoms with van der Waals surface area (Å²) in [6.07, 6.45) is 0. The van der Waals surface area contributed by atoms with Crippen molar-refractivity contribution >= 4 is 33.8 Å². The van der Waals surface area contributed by atoms with Crippen molar-refractivity contribution in [2.75, 3.05) is 14.2 Å². The summed E-state index contributed by atoms with van der Waals surface area (Å²) in [5.41, 5.74) is 2.52. The molecule has 3 rings (SSSR count). The molecule has 0 aliphatic heterocycles. The van der Waals surface area contributed by atoms with Crippen LogP contribution in [0.1, 0.15) is 5.56 Å². The van der Waals surface area contributed by atoms with E-state index in [0.717, 1.165) is 22.9 Å². The molecule has 0 aliphatic rings. The van der Waals surface area contributed by atoms with Gasteiger partial charge in [-0.05, 0) is 48.6 Å². The molecule has 0 aliphatic carbocycles. The van der Waals surface area contributed by atoms with Crippen LogP contribution in [0.4, 0.5) is 0 Å². The number of thiazole rings is 1. The van der Waals surface area contributed by atoms with Gasteiger partial charge in [0.15, 0.2) is 10.6 Å². The Morgan fingerprint density at radius 2 is 1.86 bits per heavy atom. The molecule has 0 spiro atoms. The number of ether oxygens (including phenoxy) is 1. The summed E-state index contributed by atoms with van der Waals surface area (Å²) in [5, 5.41) is 0. The quantitative estimate of drug-likeness (QED) is 0.724. The topological polar surface area (TPSA) is 18.6 Å².